The SMILES string of the molecule is COCC(COC)NC(=O)CCCCOC1OC(CO)C(O)C(O)C1NC(C)=O. The third-order valence-electron chi connectivity index (χ3n) is 4.43. The van der Waals surface area contributed by atoms with Crippen LogP contribution in [0.4, 0.5) is 0 Å². The number of ether oxygens (including phenoxy) is 4. The molecule has 0 aromatic carbocycles. The lowest BCUT2D eigenvalue weighted by molar-refractivity contribution is -0.270. The highest BCUT2D eigenvalue weighted by atomic mass is 16.7. The van der Waals surface area contributed by atoms with Crippen LogP contribution in [0.3, 0.4) is 0 Å². The molecular weight excluding hydrogens is 388 g/mol. The van der Waals surface area contributed by atoms with Crippen molar-refractivity contribution < 1.29 is 43.9 Å². The highest BCUT2D eigenvalue weighted by Crippen LogP contribution is 2.22. The molecule has 5 atom stereocenters. The Morgan fingerprint density at radius 1 is 1.10 bits per heavy atom. The lowest BCUT2D eigenvalue weighted by atomic mass is 9.97. The van der Waals surface area contributed by atoms with E-state index < -0.39 is 43.2 Å². The number of carbonyl (C=O) groups excluding carboxylic acids is 2. The van der Waals surface area contributed by atoms with Crippen LogP contribution in [0.1, 0.15) is 26.2 Å². The van der Waals surface area contributed by atoms with Gasteiger partial charge < -0.3 is 44.9 Å². The Labute approximate surface area is 170 Å². The molecule has 1 aliphatic rings. The first-order chi connectivity index (χ1) is 13.8. The number of methoxy groups -OCH3 is 2. The van der Waals surface area contributed by atoms with E-state index in [0.29, 0.717) is 26.1 Å². The summed E-state index contributed by atoms with van der Waals surface area (Å²) in [5, 5.41) is 34.7. The summed E-state index contributed by atoms with van der Waals surface area (Å²) < 4.78 is 21.1. The molecule has 0 radical (unpaired) electrons. The molecular formula is C18H34N2O9. The molecule has 11 heteroatoms. The zero-order valence-electron chi connectivity index (χ0n) is 17.2. The molecule has 0 bridgehead atoms. The summed E-state index contributed by atoms with van der Waals surface area (Å²) in [6, 6.07) is -1.19. The fourth-order valence-electron chi connectivity index (χ4n) is 3.03. The van der Waals surface area contributed by atoms with E-state index in [1.807, 2.05) is 0 Å². The van der Waals surface area contributed by atoms with Crippen LogP contribution in [0, 0.1) is 0 Å². The lowest BCUT2D eigenvalue weighted by Crippen LogP contribution is -2.64. The topological polar surface area (TPSA) is 156 Å². The van der Waals surface area contributed by atoms with Gasteiger partial charge in [-0.3, -0.25) is 9.59 Å². The fourth-order valence-corrected chi connectivity index (χ4v) is 3.03. The van der Waals surface area contributed by atoms with Crippen LogP contribution in [0.5, 0.6) is 0 Å². The number of amides is 2. The third kappa shape index (κ3) is 8.91. The Balaban J connectivity index is 2.41. The Morgan fingerprint density at radius 3 is 2.31 bits per heavy atom. The molecule has 29 heavy (non-hydrogen) atoms. The Bertz CT molecular complexity index is 488. The smallest absolute Gasteiger partial charge is 0.220 e. The molecule has 1 fully saturated rings. The van der Waals surface area contributed by atoms with Gasteiger partial charge >= 0.3 is 0 Å². The maximum atomic E-state index is 12.0. The molecule has 0 aromatic heterocycles. The normalized spacial score (nSPS) is 27.1. The van der Waals surface area contributed by atoms with E-state index >= 15 is 0 Å². The van der Waals surface area contributed by atoms with E-state index in [0.717, 1.165) is 0 Å². The van der Waals surface area contributed by atoms with Crippen LogP contribution in [0.25, 0.3) is 0 Å². The monoisotopic (exact) mass is 422 g/mol. The molecule has 0 aromatic rings. The van der Waals surface area contributed by atoms with Crippen LogP contribution in [0.15, 0.2) is 0 Å². The summed E-state index contributed by atoms with van der Waals surface area (Å²) in [5.41, 5.74) is 0. The van der Waals surface area contributed by atoms with Gasteiger partial charge in [-0.05, 0) is 12.8 Å². The predicted octanol–water partition coefficient (Wildman–Crippen LogP) is -2.11. The number of rotatable bonds is 13. The zero-order valence-corrected chi connectivity index (χ0v) is 17.2. The molecule has 0 spiro atoms. The second-order valence-electron chi connectivity index (χ2n) is 6.94. The van der Waals surface area contributed by atoms with Crippen molar-refractivity contribution in [3.05, 3.63) is 0 Å². The molecule has 1 saturated heterocycles. The second kappa shape index (κ2) is 13.8. The third-order valence-corrected chi connectivity index (χ3v) is 4.43. The van der Waals surface area contributed by atoms with Gasteiger partial charge in [0.1, 0.15) is 24.4 Å². The summed E-state index contributed by atoms with van der Waals surface area (Å²) in [7, 11) is 3.09. The minimum absolute atomic E-state index is 0.131. The van der Waals surface area contributed by atoms with Crippen molar-refractivity contribution in [3.8, 4) is 0 Å². The van der Waals surface area contributed by atoms with Crippen molar-refractivity contribution in [2.75, 3.05) is 40.6 Å². The van der Waals surface area contributed by atoms with E-state index in [4.69, 9.17) is 18.9 Å². The van der Waals surface area contributed by atoms with Crippen molar-refractivity contribution >= 4 is 11.8 Å². The van der Waals surface area contributed by atoms with Crippen molar-refractivity contribution in [2.45, 2.75) is 62.9 Å². The highest BCUT2D eigenvalue weighted by molar-refractivity contribution is 5.76. The van der Waals surface area contributed by atoms with E-state index in [1.54, 1.807) is 14.2 Å². The van der Waals surface area contributed by atoms with Gasteiger partial charge in [-0.1, -0.05) is 0 Å². The molecule has 1 aliphatic heterocycles. The molecule has 5 unspecified atom stereocenters. The van der Waals surface area contributed by atoms with Crippen LogP contribution < -0.4 is 10.6 Å². The van der Waals surface area contributed by atoms with Crippen molar-refractivity contribution in [2.24, 2.45) is 0 Å². The van der Waals surface area contributed by atoms with E-state index in [-0.39, 0.29) is 25.0 Å². The Hall–Kier alpha value is -1.34. The van der Waals surface area contributed by atoms with Crippen LogP contribution >= 0.6 is 0 Å². The van der Waals surface area contributed by atoms with Gasteiger partial charge in [0.05, 0.1) is 25.9 Å². The first kappa shape index (κ1) is 25.7. The van der Waals surface area contributed by atoms with Gasteiger partial charge in [0.2, 0.25) is 11.8 Å². The average molecular weight is 422 g/mol. The Morgan fingerprint density at radius 2 is 1.76 bits per heavy atom. The summed E-state index contributed by atoms with van der Waals surface area (Å²) in [4.78, 5) is 23.3. The summed E-state index contributed by atoms with van der Waals surface area (Å²) in [5.74, 6) is -0.549. The fraction of sp³-hybridized carbons (Fsp3) is 0.889. The van der Waals surface area contributed by atoms with Gasteiger partial charge in [-0.2, -0.15) is 0 Å². The summed E-state index contributed by atoms with van der Waals surface area (Å²) in [6.45, 7) is 1.68. The second-order valence-corrected chi connectivity index (χ2v) is 6.94. The predicted molar refractivity (Wildman–Crippen MR) is 101 cm³/mol. The van der Waals surface area contributed by atoms with Crippen LogP contribution in [-0.2, 0) is 28.5 Å². The van der Waals surface area contributed by atoms with Gasteiger partial charge in [0.15, 0.2) is 6.29 Å². The number of hydrogen-bond acceptors (Lipinski definition) is 9. The highest BCUT2D eigenvalue weighted by Gasteiger charge is 2.45. The van der Waals surface area contributed by atoms with Gasteiger partial charge in [-0.15, -0.1) is 0 Å². The summed E-state index contributed by atoms with van der Waals surface area (Å²) >= 11 is 0. The molecule has 5 N–H and O–H groups in total. The molecule has 2 amide bonds. The van der Waals surface area contributed by atoms with Crippen molar-refractivity contribution in [1.29, 1.82) is 0 Å². The molecule has 1 rings (SSSR count). The van der Waals surface area contributed by atoms with Crippen molar-refractivity contribution in [3.63, 3.8) is 0 Å². The maximum Gasteiger partial charge on any atom is 0.220 e. The number of aliphatic hydroxyl groups excluding tert-OH is 3. The van der Waals surface area contributed by atoms with Crippen molar-refractivity contribution in [1.82, 2.24) is 10.6 Å². The van der Waals surface area contributed by atoms with Crippen LogP contribution in [-0.4, -0.2) is 104 Å². The molecule has 170 valence electrons. The number of aliphatic hydroxyl groups is 3. The largest absolute Gasteiger partial charge is 0.394 e. The first-order valence-corrected chi connectivity index (χ1v) is 9.62. The molecule has 0 aliphatic carbocycles. The van der Waals surface area contributed by atoms with Gasteiger partial charge in [-0.25, -0.2) is 0 Å². The van der Waals surface area contributed by atoms with Gasteiger partial charge in [0.25, 0.3) is 0 Å². The van der Waals surface area contributed by atoms with E-state index in [1.165, 1.54) is 6.92 Å². The molecule has 1 heterocycles. The number of carbonyl (C=O) groups is 2. The van der Waals surface area contributed by atoms with E-state index in [2.05, 4.69) is 10.6 Å². The van der Waals surface area contributed by atoms with Gasteiger partial charge in [0, 0.05) is 34.2 Å². The number of nitrogens with one attached hydrogen (secondary N) is 2. The van der Waals surface area contributed by atoms with E-state index in [9.17, 15) is 24.9 Å². The minimum Gasteiger partial charge on any atom is -0.394 e. The summed E-state index contributed by atoms with van der Waals surface area (Å²) in [6.07, 6.45) is -3.40. The average Bonchev–Trinajstić information content (AvgIpc) is 2.66. The minimum atomic E-state index is -1.35. The quantitative estimate of drug-likeness (QED) is 0.210. The Kier molecular flexibility index (Phi) is 12.2. The standard InChI is InChI=1S/C18H34N2O9/c1-11(22)19-15-17(25)16(24)13(8-21)29-18(15)28-7-5-4-6-14(23)20-12(9-26-2)10-27-3/h12-13,15-18,21,24-25H,4-10H2,1-3H3,(H,19,22)(H,20,23). The molecule has 0 saturated carbocycles. The maximum absolute atomic E-state index is 12.0. The number of hydrogen-bond donors (Lipinski definition) is 5. The first-order valence-electron chi connectivity index (χ1n) is 9.62. The van der Waals surface area contributed by atoms with Crippen LogP contribution in [0.2, 0.25) is 0 Å². The zero-order chi connectivity index (χ0) is 21.8. The number of unbranched alkanes of at least 4 members (excludes halogenated alkanes) is 1. The lowest BCUT2D eigenvalue weighted by Gasteiger charge is -2.42. The molecule has 11 nitrogen and oxygen atoms in total.